The van der Waals surface area contributed by atoms with Crippen molar-refractivity contribution in [1.29, 1.82) is 0 Å². The van der Waals surface area contributed by atoms with Gasteiger partial charge in [0.15, 0.2) is 0 Å². The zero-order chi connectivity index (χ0) is 15.5. The third-order valence-electron chi connectivity index (χ3n) is 5.62. The number of imidazole rings is 1. The summed E-state index contributed by atoms with van der Waals surface area (Å²) in [7, 11) is 0. The Balaban J connectivity index is 2.11. The normalized spacial score (nSPS) is 20.9. The van der Waals surface area contributed by atoms with E-state index >= 15 is 0 Å². The summed E-state index contributed by atoms with van der Waals surface area (Å²) in [4.78, 5) is 6.92. The van der Waals surface area contributed by atoms with Gasteiger partial charge in [0.05, 0.1) is 18.1 Å². The van der Waals surface area contributed by atoms with Crippen molar-refractivity contribution < 1.29 is 0 Å². The van der Waals surface area contributed by atoms with E-state index < -0.39 is 0 Å². The minimum absolute atomic E-state index is 0.307. The second-order valence-corrected chi connectivity index (χ2v) is 6.81. The maximum absolute atomic E-state index is 6.11. The molecule has 2 N–H and O–H groups in total. The standard InChI is InChI=1S/C17H32N4/c1-5-17(6-2)7-9-20(10-8-17)15(11-18)16-12-19-13-21(16)14(3)4/h12-15H,5-11,18H2,1-4H3. The van der Waals surface area contributed by atoms with E-state index in [1.54, 1.807) is 0 Å². The first kappa shape index (κ1) is 16.5. The number of hydrogen-bond acceptors (Lipinski definition) is 3. The Hall–Kier alpha value is -0.870. The van der Waals surface area contributed by atoms with Gasteiger partial charge in [0, 0.05) is 18.8 Å². The Morgan fingerprint density at radius 2 is 1.86 bits per heavy atom. The lowest BCUT2D eigenvalue weighted by atomic mass is 9.74. The largest absolute Gasteiger partial charge is 0.331 e. The Kier molecular flexibility index (Phi) is 5.44. The molecule has 0 saturated carbocycles. The topological polar surface area (TPSA) is 47.1 Å². The van der Waals surface area contributed by atoms with E-state index in [4.69, 9.17) is 5.73 Å². The van der Waals surface area contributed by atoms with E-state index in [0.29, 0.717) is 24.0 Å². The molecule has 2 rings (SSSR count). The van der Waals surface area contributed by atoms with Crippen LogP contribution in [0.5, 0.6) is 0 Å². The highest BCUT2D eigenvalue weighted by Crippen LogP contribution is 2.40. The molecule has 0 aliphatic carbocycles. The van der Waals surface area contributed by atoms with Crippen LogP contribution in [-0.4, -0.2) is 34.1 Å². The summed E-state index contributed by atoms with van der Waals surface area (Å²) in [6, 6.07) is 0.744. The van der Waals surface area contributed by atoms with Crippen LogP contribution in [0, 0.1) is 5.41 Å². The molecule has 2 heterocycles. The summed E-state index contributed by atoms with van der Waals surface area (Å²) >= 11 is 0. The van der Waals surface area contributed by atoms with Gasteiger partial charge >= 0.3 is 0 Å². The zero-order valence-corrected chi connectivity index (χ0v) is 14.2. The molecular weight excluding hydrogens is 260 g/mol. The summed E-state index contributed by atoms with van der Waals surface area (Å²) in [6.07, 6.45) is 9.13. The van der Waals surface area contributed by atoms with Crippen molar-refractivity contribution in [2.45, 2.75) is 65.5 Å². The number of nitrogens with zero attached hydrogens (tertiary/aromatic N) is 3. The smallest absolute Gasteiger partial charge is 0.0951 e. The fourth-order valence-corrected chi connectivity index (χ4v) is 3.73. The second-order valence-electron chi connectivity index (χ2n) is 6.81. The van der Waals surface area contributed by atoms with Gasteiger partial charge in [0.25, 0.3) is 0 Å². The van der Waals surface area contributed by atoms with Gasteiger partial charge in [-0.2, -0.15) is 0 Å². The van der Waals surface area contributed by atoms with Gasteiger partial charge in [0.2, 0.25) is 0 Å². The predicted octanol–water partition coefficient (Wildman–Crippen LogP) is 3.37. The van der Waals surface area contributed by atoms with Crippen LogP contribution in [0.25, 0.3) is 0 Å². The van der Waals surface area contributed by atoms with Gasteiger partial charge in [0.1, 0.15) is 0 Å². The third-order valence-corrected chi connectivity index (χ3v) is 5.62. The predicted molar refractivity (Wildman–Crippen MR) is 88.2 cm³/mol. The first-order chi connectivity index (χ1) is 10.1. The number of piperidine rings is 1. The first-order valence-corrected chi connectivity index (χ1v) is 8.52. The summed E-state index contributed by atoms with van der Waals surface area (Å²) in [6.45, 7) is 12.1. The number of aromatic nitrogens is 2. The SMILES string of the molecule is CCC1(CC)CCN(C(CN)c2cncn2C(C)C)CC1. The van der Waals surface area contributed by atoms with Crippen molar-refractivity contribution in [3.8, 4) is 0 Å². The molecule has 0 radical (unpaired) electrons. The molecule has 4 nitrogen and oxygen atoms in total. The molecule has 120 valence electrons. The van der Waals surface area contributed by atoms with Crippen LogP contribution in [-0.2, 0) is 0 Å². The molecule has 1 saturated heterocycles. The summed E-state index contributed by atoms with van der Waals surface area (Å²) in [5.74, 6) is 0. The second kappa shape index (κ2) is 6.93. The van der Waals surface area contributed by atoms with Crippen molar-refractivity contribution in [2.75, 3.05) is 19.6 Å². The average molecular weight is 292 g/mol. The molecule has 0 bridgehead atoms. The maximum Gasteiger partial charge on any atom is 0.0951 e. The van der Waals surface area contributed by atoms with Gasteiger partial charge in [-0.05, 0) is 45.2 Å². The molecule has 0 spiro atoms. The van der Waals surface area contributed by atoms with Gasteiger partial charge in [-0.25, -0.2) is 4.98 Å². The van der Waals surface area contributed by atoms with E-state index in [2.05, 4.69) is 42.1 Å². The van der Waals surface area contributed by atoms with Crippen molar-refractivity contribution in [2.24, 2.45) is 11.1 Å². The lowest BCUT2D eigenvalue weighted by Crippen LogP contribution is -2.44. The van der Waals surface area contributed by atoms with Gasteiger partial charge in [-0.1, -0.05) is 26.7 Å². The zero-order valence-electron chi connectivity index (χ0n) is 14.2. The fraction of sp³-hybridized carbons (Fsp3) is 0.824. The molecule has 1 aliphatic rings. The highest BCUT2D eigenvalue weighted by Gasteiger charge is 2.34. The minimum Gasteiger partial charge on any atom is -0.331 e. The van der Waals surface area contributed by atoms with Crippen LogP contribution in [0.3, 0.4) is 0 Å². The Bertz CT molecular complexity index is 424. The van der Waals surface area contributed by atoms with Crippen LogP contribution in [0.15, 0.2) is 12.5 Å². The number of nitrogens with two attached hydrogens (primary N) is 1. The molecule has 0 aromatic carbocycles. The molecule has 4 heteroatoms. The van der Waals surface area contributed by atoms with Crippen molar-refractivity contribution in [3.63, 3.8) is 0 Å². The van der Waals surface area contributed by atoms with E-state index in [9.17, 15) is 0 Å². The van der Waals surface area contributed by atoms with E-state index in [0.717, 1.165) is 13.1 Å². The number of likely N-dealkylation sites (tertiary alicyclic amines) is 1. The van der Waals surface area contributed by atoms with Crippen LogP contribution in [0.2, 0.25) is 0 Å². The van der Waals surface area contributed by atoms with Crippen LogP contribution < -0.4 is 5.73 Å². The lowest BCUT2D eigenvalue weighted by molar-refractivity contribution is 0.0653. The van der Waals surface area contributed by atoms with Crippen molar-refractivity contribution in [3.05, 3.63) is 18.2 Å². The maximum atomic E-state index is 6.11. The quantitative estimate of drug-likeness (QED) is 0.874. The lowest BCUT2D eigenvalue weighted by Gasteiger charge is -2.44. The van der Waals surface area contributed by atoms with Crippen LogP contribution >= 0.6 is 0 Å². The van der Waals surface area contributed by atoms with E-state index in [-0.39, 0.29) is 0 Å². The minimum atomic E-state index is 0.307. The van der Waals surface area contributed by atoms with Gasteiger partial charge in [-0.3, -0.25) is 4.90 Å². The molecule has 1 aromatic rings. The first-order valence-electron chi connectivity index (χ1n) is 8.52. The Morgan fingerprint density at radius 3 is 2.33 bits per heavy atom. The summed E-state index contributed by atoms with van der Waals surface area (Å²) in [5, 5.41) is 0. The van der Waals surface area contributed by atoms with Crippen LogP contribution in [0.1, 0.15) is 71.2 Å². The Morgan fingerprint density at radius 1 is 1.24 bits per heavy atom. The number of hydrogen-bond donors (Lipinski definition) is 1. The van der Waals surface area contributed by atoms with Crippen molar-refractivity contribution >= 4 is 0 Å². The van der Waals surface area contributed by atoms with E-state index in [1.165, 1.54) is 31.4 Å². The molecular formula is C17H32N4. The number of rotatable bonds is 6. The van der Waals surface area contributed by atoms with E-state index in [1.807, 2.05) is 12.5 Å². The summed E-state index contributed by atoms with van der Waals surface area (Å²) in [5.41, 5.74) is 7.95. The monoisotopic (exact) mass is 292 g/mol. The molecule has 1 aromatic heterocycles. The molecule has 1 atom stereocenters. The highest BCUT2D eigenvalue weighted by atomic mass is 15.2. The summed E-state index contributed by atoms with van der Waals surface area (Å²) < 4.78 is 2.26. The van der Waals surface area contributed by atoms with Crippen LogP contribution in [0.4, 0.5) is 0 Å². The third kappa shape index (κ3) is 3.32. The van der Waals surface area contributed by atoms with Gasteiger partial charge < -0.3 is 10.3 Å². The molecule has 1 fully saturated rings. The molecule has 1 unspecified atom stereocenters. The average Bonchev–Trinajstić information content (AvgIpc) is 2.98. The molecule has 0 amide bonds. The van der Waals surface area contributed by atoms with Gasteiger partial charge in [-0.15, -0.1) is 0 Å². The van der Waals surface area contributed by atoms with Crippen molar-refractivity contribution in [1.82, 2.24) is 14.5 Å². The molecule has 1 aliphatic heterocycles. The Labute approximate surface area is 129 Å². The highest BCUT2D eigenvalue weighted by molar-refractivity contribution is 5.08. The molecule has 21 heavy (non-hydrogen) atoms. The fourth-order valence-electron chi connectivity index (χ4n) is 3.73.